The number of methoxy groups -OCH3 is 1. The van der Waals surface area contributed by atoms with Crippen molar-refractivity contribution in [2.75, 3.05) is 24.9 Å². The fraction of sp³-hybridized carbons (Fsp3) is 0.316. The van der Waals surface area contributed by atoms with Crippen molar-refractivity contribution in [1.82, 2.24) is 15.0 Å². The summed E-state index contributed by atoms with van der Waals surface area (Å²) in [5, 5.41) is 4.29. The summed E-state index contributed by atoms with van der Waals surface area (Å²) in [6.07, 6.45) is 3.01. The van der Waals surface area contributed by atoms with Gasteiger partial charge in [0.25, 0.3) is 0 Å². The molecule has 9 heteroatoms. The van der Waals surface area contributed by atoms with Crippen LogP contribution in [0.4, 0.5) is 11.5 Å². The average Bonchev–Trinajstić information content (AvgIpc) is 2.68. The quantitative estimate of drug-likeness (QED) is 0.317. The van der Waals surface area contributed by atoms with Gasteiger partial charge in [-0.05, 0) is 12.1 Å². The first-order valence-corrected chi connectivity index (χ1v) is 9.43. The largest absolute Gasteiger partial charge is 0.495 e. The number of halogens is 2. The fourth-order valence-corrected chi connectivity index (χ4v) is 2.78. The summed E-state index contributed by atoms with van der Waals surface area (Å²) in [6.45, 7) is 4.05. The molecule has 3 rings (SSSR count). The molecule has 0 aliphatic heterocycles. The zero-order valence-electron chi connectivity index (χ0n) is 15.7. The summed E-state index contributed by atoms with van der Waals surface area (Å²) in [7, 11) is 1.56. The van der Waals surface area contributed by atoms with Crippen LogP contribution in [0.25, 0.3) is 10.9 Å². The highest BCUT2D eigenvalue weighted by Crippen LogP contribution is 2.31. The molecular formula is C19H20Cl2N4O3. The standard InChI is InChI=1S/C19H20Cl2N4O3/c1-19(2,27-7-6-20)28-12-4-5-14-15(8-12)23-11-24-18(14)25-16-9-13(26-3)10-22-17(16)21/h4-5,8-11H,6-7H2,1-3H3,(H,23,24,25). The molecule has 0 saturated carbocycles. The van der Waals surface area contributed by atoms with E-state index in [4.69, 9.17) is 37.4 Å². The Labute approximate surface area is 173 Å². The highest BCUT2D eigenvalue weighted by molar-refractivity contribution is 6.32. The minimum atomic E-state index is -0.809. The van der Waals surface area contributed by atoms with Crippen LogP contribution >= 0.6 is 23.2 Å². The van der Waals surface area contributed by atoms with E-state index in [2.05, 4.69) is 20.3 Å². The van der Waals surface area contributed by atoms with Gasteiger partial charge in [0.15, 0.2) is 5.15 Å². The summed E-state index contributed by atoms with van der Waals surface area (Å²) >= 11 is 11.9. The average molecular weight is 423 g/mol. The monoisotopic (exact) mass is 422 g/mol. The third-order valence-electron chi connectivity index (χ3n) is 3.80. The Morgan fingerprint density at radius 2 is 1.93 bits per heavy atom. The van der Waals surface area contributed by atoms with Gasteiger partial charge in [-0.25, -0.2) is 15.0 Å². The lowest BCUT2D eigenvalue weighted by Gasteiger charge is -2.26. The van der Waals surface area contributed by atoms with Crippen LogP contribution in [0, 0.1) is 0 Å². The van der Waals surface area contributed by atoms with Gasteiger partial charge >= 0.3 is 0 Å². The van der Waals surface area contributed by atoms with E-state index < -0.39 is 5.79 Å². The van der Waals surface area contributed by atoms with Gasteiger partial charge in [0.1, 0.15) is 23.6 Å². The van der Waals surface area contributed by atoms with Crippen molar-refractivity contribution in [2.24, 2.45) is 0 Å². The highest BCUT2D eigenvalue weighted by atomic mass is 35.5. The van der Waals surface area contributed by atoms with E-state index in [1.54, 1.807) is 19.4 Å². The lowest BCUT2D eigenvalue weighted by Crippen LogP contribution is -2.32. The van der Waals surface area contributed by atoms with Crippen molar-refractivity contribution in [3.63, 3.8) is 0 Å². The summed E-state index contributed by atoms with van der Waals surface area (Å²) in [6, 6.07) is 7.26. The predicted molar refractivity (Wildman–Crippen MR) is 110 cm³/mol. The lowest BCUT2D eigenvalue weighted by molar-refractivity contribution is -0.151. The van der Waals surface area contributed by atoms with Gasteiger partial charge in [0.05, 0.1) is 31.1 Å². The van der Waals surface area contributed by atoms with E-state index in [0.717, 1.165) is 5.39 Å². The van der Waals surface area contributed by atoms with Crippen LogP contribution in [0.15, 0.2) is 36.8 Å². The fourth-order valence-electron chi connectivity index (χ4n) is 2.55. The van der Waals surface area contributed by atoms with E-state index in [1.807, 2.05) is 32.0 Å². The molecule has 0 radical (unpaired) electrons. The van der Waals surface area contributed by atoms with Crippen LogP contribution < -0.4 is 14.8 Å². The molecule has 148 valence electrons. The second kappa shape index (κ2) is 8.77. The number of fused-ring (bicyclic) bond motifs is 1. The number of alkyl halides is 1. The predicted octanol–water partition coefficient (Wildman–Crippen LogP) is 4.80. The summed E-state index contributed by atoms with van der Waals surface area (Å²) in [5.41, 5.74) is 1.28. The third kappa shape index (κ3) is 4.92. The Hall–Kier alpha value is -2.35. The summed E-state index contributed by atoms with van der Waals surface area (Å²) in [5.74, 6) is 1.38. The van der Waals surface area contributed by atoms with Crippen molar-refractivity contribution in [2.45, 2.75) is 19.6 Å². The molecule has 0 amide bonds. The van der Waals surface area contributed by atoms with E-state index in [0.29, 0.717) is 46.2 Å². The number of aromatic nitrogens is 3. The molecule has 1 N–H and O–H groups in total. The number of hydrogen-bond donors (Lipinski definition) is 1. The molecule has 0 aliphatic carbocycles. The van der Waals surface area contributed by atoms with Gasteiger partial charge in [-0.3, -0.25) is 0 Å². The second-order valence-corrected chi connectivity index (χ2v) is 7.02. The van der Waals surface area contributed by atoms with Crippen molar-refractivity contribution in [1.29, 1.82) is 0 Å². The zero-order chi connectivity index (χ0) is 20.1. The van der Waals surface area contributed by atoms with Gasteiger partial charge in [0, 0.05) is 37.2 Å². The van der Waals surface area contributed by atoms with Gasteiger partial charge in [-0.2, -0.15) is 0 Å². The van der Waals surface area contributed by atoms with Gasteiger partial charge in [-0.15, -0.1) is 11.6 Å². The molecule has 0 aliphatic rings. The van der Waals surface area contributed by atoms with Crippen LogP contribution in [-0.2, 0) is 4.74 Å². The Bertz CT molecular complexity index is 969. The van der Waals surface area contributed by atoms with Crippen LogP contribution in [-0.4, -0.2) is 40.3 Å². The number of rotatable bonds is 8. The first-order valence-electron chi connectivity index (χ1n) is 8.52. The minimum Gasteiger partial charge on any atom is -0.495 e. The maximum atomic E-state index is 6.18. The van der Waals surface area contributed by atoms with Crippen molar-refractivity contribution >= 4 is 45.6 Å². The Morgan fingerprint density at radius 1 is 1.11 bits per heavy atom. The molecule has 7 nitrogen and oxygen atoms in total. The van der Waals surface area contributed by atoms with Crippen molar-refractivity contribution in [3.05, 3.63) is 41.9 Å². The van der Waals surface area contributed by atoms with Gasteiger partial charge < -0.3 is 19.5 Å². The van der Waals surface area contributed by atoms with Gasteiger partial charge in [0.2, 0.25) is 5.79 Å². The van der Waals surface area contributed by atoms with Gasteiger partial charge in [-0.1, -0.05) is 11.6 Å². The first kappa shape index (κ1) is 20.4. The number of nitrogens with zero attached hydrogens (tertiary/aromatic N) is 3. The number of ether oxygens (including phenoxy) is 3. The minimum absolute atomic E-state index is 0.311. The zero-order valence-corrected chi connectivity index (χ0v) is 17.2. The lowest BCUT2D eigenvalue weighted by atomic mass is 10.2. The number of hydrogen-bond acceptors (Lipinski definition) is 7. The first-order chi connectivity index (χ1) is 13.4. The molecule has 0 bridgehead atoms. The molecular weight excluding hydrogens is 403 g/mol. The summed E-state index contributed by atoms with van der Waals surface area (Å²) < 4.78 is 16.7. The molecule has 1 aromatic carbocycles. The Morgan fingerprint density at radius 3 is 2.68 bits per heavy atom. The number of anilines is 2. The third-order valence-corrected chi connectivity index (χ3v) is 4.26. The van der Waals surface area contributed by atoms with Crippen LogP contribution in [0.2, 0.25) is 5.15 Å². The smallest absolute Gasteiger partial charge is 0.204 e. The normalized spacial score (nSPS) is 11.5. The van der Waals surface area contributed by atoms with E-state index in [-0.39, 0.29) is 0 Å². The van der Waals surface area contributed by atoms with Crippen molar-refractivity contribution in [3.8, 4) is 11.5 Å². The molecule has 0 spiro atoms. The van der Waals surface area contributed by atoms with Crippen LogP contribution in [0.3, 0.4) is 0 Å². The topological polar surface area (TPSA) is 78.4 Å². The maximum absolute atomic E-state index is 6.18. The number of pyridine rings is 1. The van der Waals surface area contributed by atoms with Crippen molar-refractivity contribution < 1.29 is 14.2 Å². The molecule has 2 aromatic heterocycles. The van der Waals surface area contributed by atoms with Crippen LogP contribution in [0.5, 0.6) is 11.5 Å². The van der Waals surface area contributed by atoms with E-state index in [1.165, 1.54) is 6.33 Å². The molecule has 28 heavy (non-hydrogen) atoms. The number of benzene rings is 1. The SMILES string of the molecule is COc1cnc(Cl)c(Nc2ncnc3cc(OC(C)(C)OCCCl)ccc23)c1. The maximum Gasteiger partial charge on any atom is 0.204 e. The number of nitrogens with one attached hydrogen (secondary N) is 1. The van der Waals surface area contributed by atoms with E-state index >= 15 is 0 Å². The molecule has 0 saturated heterocycles. The Kier molecular flexibility index (Phi) is 6.39. The second-order valence-electron chi connectivity index (χ2n) is 6.28. The Balaban J connectivity index is 1.88. The molecule has 2 heterocycles. The molecule has 0 atom stereocenters. The summed E-state index contributed by atoms with van der Waals surface area (Å²) in [4.78, 5) is 12.7. The van der Waals surface area contributed by atoms with Crippen LogP contribution in [0.1, 0.15) is 13.8 Å². The molecule has 0 fully saturated rings. The highest BCUT2D eigenvalue weighted by Gasteiger charge is 2.20. The molecule has 3 aromatic rings. The molecule has 0 unspecified atom stereocenters. The van der Waals surface area contributed by atoms with E-state index in [9.17, 15) is 0 Å².